The second-order valence-electron chi connectivity index (χ2n) is 6.13. The standard InChI is InChI=1S/C14H19BrO2S/c1-13(2)5-7-14(8-6-13,12(16)17)9-10-3-4-11(15)18-10/h3-4H,5-9H2,1-2H3,(H,16,17). The van der Waals surface area contributed by atoms with Crippen molar-refractivity contribution in [3.05, 3.63) is 20.8 Å². The number of aliphatic carboxylic acids is 1. The molecule has 18 heavy (non-hydrogen) atoms. The largest absolute Gasteiger partial charge is 0.481 e. The van der Waals surface area contributed by atoms with Crippen LogP contribution in [0.1, 0.15) is 44.4 Å². The molecule has 2 nitrogen and oxygen atoms in total. The molecule has 0 amide bonds. The number of thiophene rings is 1. The summed E-state index contributed by atoms with van der Waals surface area (Å²) < 4.78 is 1.08. The first kappa shape index (κ1) is 14.1. The number of halogens is 1. The molecule has 0 saturated heterocycles. The maximum absolute atomic E-state index is 11.7. The lowest BCUT2D eigenvalue weighted by atomic mass is 9.63. The van der Waals surface area contributed by atoms with Crippen LogP contribution >= 0.6 is 27.3 Å². The Morgan fingerprint density at radius 2 is 1.94 bits per heavy atom. The number of hydrogen-bond acceptors (Lipinski definition) is 2. The Kier molecular flexibility index (Phi) is 3.88. The molecule has 1 aromatic heterocycles. The summed E-state index contributed by atoms with van der Waals surface area (Å²) in [5.74, 6) is -0.623. The quantitative estimate of drug-likeness (QED) is 0.870. The minimum Gasteiger partial charge on any atom is -0.481 e. The Morgan fingerprint density at radius 1 is 1.33 bits per heavy atom. The molecule has 1 saturated carbocycles. The van der Waals surface area contributed by atoms with Gasteiger partial charge in [0.25, 0.3) is 0 Å². The van der Waals surface area contributed by atoms with E-state index in [1.165, 1.54) is 4.88 Å². The summed E-state index contributed by atoms with van der Waals surface area (Å²) in [4.78, 5) is 12.9. The highest BCUT2D eigenvalue weighted by molar-refractivity contribution is 9.11. The summed E-state index contributed by atoms with van der Waals surface area (Å²) in [6, 6.07) is 4.04. The lowest BCUT2D eigenvalue weighted by Crippen LogP contribution is -2.39. The number of hydrogen-bond donors (Lipinski definition) is 1. The molecular weight excluding hydrogens is 312 g/mol. The van der Waals surface area contributed by atoms with Crippen LogP contribution in [-0.4, -0.2) is 11.1 Å². The van der Waals surface area contributed by atoms with Gasteiger partial charge < -0.3 is 5.11 Å². The van der Waals surface area contributed by atoms with Gasteiger partial charge in [-0.2, -0.15) is 0 Å². The molecule has 100 valence electrons. The lowest BCUT2D eigenvalue weighted by molar-refractivity contribution is -0.152. The minimum absolute atomic E-state index is 0.301. The predicted molar refractivity (Wildman–Crippen MR) is 78.0 cm³/mol. The van der Waals surface area contributed by atoms with Gasteiger partial charge in [0.1, 0.15) is 0 Å². The zero-order valence-electron chi connectivity index (χ0n) is 10.8. The summed E-state index contributed by atoms with van der Waals surface area (Å²) in [6.45, 7) is 4.47. The first-order valence-electron chi connectivity index (χ1n) is 6.31. The third-order valence-electron chi connectivity index (χ3n) is 4.16. The van der Waals surface area contributed by atoms with Crippen molar-refractivity contribution in [2.45, 2.75) is 46.0 Å². The smallest absolute Gasteiger partial charge is 0.309 e. The van der Waals surface area contributed by atoms with Gasteiger partial charge in [-0.1, -0.05) is 13.8 Å². The fourth-order valence-corrected chi connectivity index (χ4v) is 4.28. The maximum atomic E-state index is 11.7. The monoisotopic (exact) mass is 330 g/mol. The summed E-state index contributed by atoms with van der Waals surface area (Å²) in [5.41, 5.74) is -0.241. The molecular formula is C14H19BrO2S. The van der Waals surface area contributed by atoms with Crippen molar-refractivity contribution in [2.75, 3.05) is 0 Å². The summed E-state index contributed by atoms with van der Waals surface area (Å²) in [7, 11) is 0. The topological polar surface area (TPSA) is 37.3 Å². The molecule has 1 aliphatic carbocycles. The molecule has 0 aliphatic heterocycles. The zero-order chi connectivity index (χ0) is 13.4. The van der Waals surface area contributed by atoms with Crippen molar-refractivity contribution in [1.29, 1.82) is 0 Å². The molecule has 0 radical (unpaired) electrons. The van der Waals surface area contributed by atoms with Gasteiger partial charge in [-0.25, -0.2) is 0 Å². The van der Waals surface area contributed by atoms with Gasteiger partial charge in [0.05, 0.1) is 9.20 Å². The van der Waals surface area contributed by atoms with E-state index in [9.17, 15) is 9.90 Å². The van der Waals surface area contributed by atoms with E-state index in [4.69, 9.17) is 0 Å². The van der Waals surface area contributed by atoms with Crippen molar-refractivity contribution in [3.8, 4) is 0 Å². The van der Waals surface area contributed by atoms with Crippen LogP contribution in [0.4, 0.5) is 0 Å². The molecule has 0 unspecified atom stereocenters. The fraction of sp³-hybridized carbons (Fsp3) is 0.643. The highest BCUT2D eigenvalue weighted by atomic mass is 79.9. The second-order valence-corrected chi connectivity index (χ2v) is 8.68. The molecule has 1 aromatic rings. The Labute approximate surface area is 121 Å². The summed E-state index contributed by atoms with van der Waals surface area (Å²) in [6.07, 6.45) is 4.28. The summed E-state index contributed by atoms with van der Waals surface area (Å²) >= 11 is 5.09. The normalized spacial score (nSPS) is 21.7. The van der Waals surface area contributed by atoms with Gasteiger partial charge in [-0.15, -0.1) is 11.3 Å². The van der Waals surface area contributed by atoms with E-state index >= 15 is 0 Å². The Hall–Kier alpha value is -0.350. The molecule has 4 heteroatoms. The van der Waals surface area contributed by atoms with E-state index in [0.29, 0.717) is 11.8 Å². The van der Waals surface area contributed by atoms with Gasteiger partial charge in [0.15, 0.2) is 0 Å². The van der Waals surface area contributed by atoms with Crippen molar-refractivity contribution in [3.63, 3.8) is 0 Å². The Balaban J connectivity index is 2.16. The van der Waals surface area contributed by atoms with Crippen LogP contribution in [0.25, 0.3) is 0 Å². The van der Waals surface area contributed by atoms with E-state index in [0.717, 1.165) is 29.5 Å². The molecule has 0 bridgehead atoms. The number of carbonyl (C=O) groups is 1. The Bertz CT molecular complexity index is 440. The van der Waals surface area contributed by atoms with Crippen LogP contribution in [0, 0.1) is 10.8 Å². The predicted octanol–water partition coefficient (Wildman–Crippen LogP) is 4.72. The maximum Gasteiger partial charge on any atom is 0.309 e. The number of rotatable bonds is 3. The first-order chi connectivity index (χ1) is 8.33. The third kappa shape index (κ3) is 2.97. The average Bonchev–Trinajstić information content (AvgIpc) is 2.67. The molecule has 1 heterocycles. The van der Waals surface area contributed by atoms with Crippen LogP contribution in [0.15, 0.2) is 15.9 Å². The van der Waals surface area contributed by atoms with Crippen molar-refractivity contribution in [1.82, 2.24) is 0 Å². The van der Waals surface area contributed by atoms with E-state index < -0.39 is 11.4 Å². The van der Waals surface area contributed by atoms with Crippen molar-refractivity contribution in [2.24, 2.45) is 10.8 Å². The van der Waals surface area contributed by atoms with Gasteiger partial charge in [-0.05, 0) is 65.6 Å². The minimum atomic E-state index is -0.623. The average molecular weight is 331 g/mol. The van der Waals surface area contributed by atoms with Crippen LogP contribution in [-0.2, 0) is 11.2 Å². The number of carboxylic acids is 1. The highest BCUT2D eigenvalue weighted by Crippen LogP contribution is 2.47. The fourth-order valence-electron chi connectivity index (χ4n) is 2.65. The van der Waals surface area contributed by atoms with Crippen molar-refractivity contribution < 1.29 is 9.90 Å². The van der Waals surface area contributed by atoms with Gasteiger partial charge in [0, 0.05) is 4.88 Å². The van der Waals surface area contributed by atoms with E-state index in [1.54, 1.807) is 11.3 Å². The number of carboxylic acid groups (broad SMARTS) is 1. The van der Waals surface area contributed by atoms with E-state index in [1.807, 2.05) is 12.1 Å². The Morgan fingerprint density at radius 3 is 2.39 bits per heavy atom. The van der Waals surface area contributed by atoms with Crippen LogP contribution in [0.5, 0.6) is 0 Å². The van der Waals surface area contributed by atoms with Crippen LogP contribution in [0.2, 0.25) is 0 Å². The lowest BCUT2D eigenvalue weighted by Gasteiger charge is -2.40. The highest BCUT2D eigenvalue weighted by Gasteiger charge is 2.44. The molecule has 1 aliphatic rings. The van der Waals surface area contributed by atoms with Gasteiger partial charge in [-0.3, -0.25) is 4.79 Å². The molecule has 1 N–H and O–H groups in total. The van der Waals surface area contributed by atoms with E-state index in [-0.39, 0.29) is 0 Å². The molecule has 0 aromatic carbocycles. The van der Waals surface area contributed by atoms with Crippen molar-refractivity contribution >= 4 is 33.2 Å². The molecule has 0 spiro atoms. The van der Waals surface area contributed by atoms with Gasteiger partial charge in [0.2, 0.25) is 0 Å². The second kappa shape index (κ2) is 4.97. The van der Waals surface area contributed by atoms with Crippen LogP contribution < -0.4 is 0 Å². The van der Waals surface area contributed by atoms with E-state index in [2.05, 4.69) is 29.8 Å². The zero-order valence-corrected chi connectivity index (χ0v) is 13.2. The van der Waals surface area contributed by atoms with Gasteiger partial charge >= 0.3 is 5.97 Å². The summed E-state index contributed by atoms with van der Waals surface area (Å²) in [5, 5.41) is 9.62. The molecule has 2 rings (SSSR count). The third-order valence-corrected chi connectivity index (χ3v) is 5.78. The SMILES string of the molecule is CC1(C)CCC(Cc2ccc(Br)s2)(C(=O)O)CC1. The van der Waals surface area contributed by atoms with Crippen LogP contribution in [0.3, 0.4) is 0 Å². The molecule has 0 atom stereocenters. The molecule has 1 fully saturated rings. The first-order valence-corrected chi connectivity index (χ1v) is 7.92.